The molecule has 0 aliphatic rings. The zero-order chi connectivity index (χ0) is 13.8. The van der Waals surface area contributed by atoms with Gasteiger partial charge < -0.3 is 5.32 Å². The molecule has 2 heterocycles. The molecule has 4 heteroatoms. The summed E-state index contributed by atoms with van der Waals surface area (Å²) in [5.41, 5.74) is 2.85. The maximum atomic E-state index is 4.60. The number of pyridine rings is 1. The molecule has 100 valence electrons. The van der Waals surface area contributed by atoms with Gasteiger partial charge in [0, 0.05) is 29.9 Å². The second kappa shape index (κ2) is 5.75. The highest BCUT2D eigenvalue weighted by Crippen LogP contribution is 2.17. The van der Waals surface area contributed by atoms with Crippen molar-refractivity contribution in [3.05, 3.63) is 54.4 Å². The largest absolute Gasteiger partial charge is 0.313 e. The van der Waals surface area contributed by atoms with Gasteiger partial charge >= 0.3 is 0 Å². The molecule has 4 nitrogen and oxygen atoms in total. The minimum absolute atomic E-state index is 0.663. The van der Waals surface area contributed by atoms with Crippen LogP contribution in [0.25, 0.3) is 22.4 Å². The summed E-state index contributed by atoms with van der Waals surface area (Å²) in [6.45, 7) is 3.81. The molecule has 1 N–H and O–H groups in total. The zero-order valence-electron chi connectivity index (χ0n) is 11.4. The van der Waals surface area contributed by atoms with Crippen LogP contribution in [-0.2, 0) is 6.54 Å². The van der Waals surface area contributed by atoms with Crippen LogP contribution in [0, 0.1) is 0 Å². The van der Waals surface area contributed by atoms with E-state index in [0.717, 1.165) is 35.2 Å². The van der Waals surface area contributed by atoms with E-state index in [0.29, 0.717) is 5.82 Å². The summed E-state index contributed by atoms with van der Waals surface area (Å²) in [5.74, 6) is 0.663. The third-order valence-corrected chi connectivity index (χ3v) is 3.11. The first kappa shape index (κ1) is 12.7. The molecule has 0 atom stereocenters. The SMILES string of the molecule is CCNCc1cnc(-c2ccc3ccccc3n2)nc1. The first-order valence-corrected chi connectivity index (χ1v) is 6.74. The number of nitrogens with one attached hydrogen (secondary N) is 1. The molecule has 0 aliphatic heterocycles. The number of hydrogen-bond donors (Lipinski definition) is 1. The van der Waals surface area contributed by atoms with Crippen molar-refractivity contribution in [3.8, 4) is 11.5 Å². The molecule has 0 amide bonds. The molecule has 0 saturated heterocycles. The summed E-state index contributed by atoms with van der Waals surface area (Å²) in [6, 6.07) is 12.1. The molecular weight excluding hydrogens is 248 g/mol. The Balaban J connectivity index is 1.90. The van der Waals surface area contributed by atoms with Gasteiger partial charge in [-0.2, -0.15) is 0 Å². The van der Waals surface area contributed by atoms with E-state index in [1.165, 1.54) is 0 Å². The van der Waals surface area contributed by atoms with E-state index >= 15 is 0 Å². The molecule has 0 saturated carbocycles. The van der Waals surface area contributed by atoms with Gasteiger partial charge in [0.05, 0.1) is 5.52 Å². The van der Waals surface area contributed by atoms with Crippen LogP contribution in [0.2, 0.25) is 0 Å². The maximum Gasteiger partial charge on any atom is 0.178 e. The monoisotopic (exact) mass is 264 g/mol. The van der Waals surface area contributed by atoms with E-state index in [-0.39, 0.29) is 0 Å². The van der Waals surface area contributed by atoms with E-state index in [2.05, 4.69) is 27.2 Å². The highest BCUT2D eigenvalue weighted by atomic mass is 14.9. The number of fused-ring (bicyclic) bond motifs is 1. The standard InChI is InChI=1S/C16H16N4/c1-2-17-9-12-10-18-16(19-11-12)15-8-7-13-5-3-4-6-14(13)20-15/h3-8,10-11,17H,2,9H2,1H3. The van der Waals surface area contributed by atoms with Crippen LogP contribution in [-0.4, -0.2) is 21.5 Å². The average molecular weight is 264 g/mol. The molecule has 3 aromatic rings. The zero-order valence-corrected chi connectivity index (χ0v) is 11.4. The predicted octanol–water partition coefficient (Wildman–Crippen LogP) is 2.80. The highest BCUT2D eigenvalue weighted by molar-refractivity contribution is 5.80. The maximum absolute atomic E-state index is 4.60. The highest BCUT2D eigenvalue weighted by Gasteiger charge is 2.04. The Kier molecular flexibility index (Phi) is 3.65. The van der Waals surface area contributed by atoms with Gasteiger partial charge in [0.15, 0.2) is 5.82 Å². The molecule has 3 rings (SSSR count). The molecular formula is C16H16N4. The minimum atomic E-state index is 0.663. The van der Waals surface area contributed by atoms with Gasteiger partial charge in [0.2, 0.25) is 0 Å². The van der Waals surface area contributed by atoms with Gasteiger partial charge in [-0.05, 0) is 18.7 Å². The molecule has 0 bridgehead atoms. The normalized spacial score (nSPS) is 10.8. The van der Waals surface area contributed by atoms with Gasteiger partial charge in [0.25, 0.3) is 0 Å². The number of rotatable bonds is 4. The fourth-order valence-corrected chi connectivity index (χ4v) is 2.04. The van der Waals surface area contributed by atoms with Gasteiger partial charge in [-0.25, -0.2) is 15.0 Å². The van der Waals surface area contributed by atoms with E-state index in [4.69, 9.17) is 0 Å². The lowest BCUT2D eigenvalue weighted by atomic mass is 10.2. The van der Waals surface area contributed by atoms with Gasteiger partial charge in [-0.1, -0.05) is 31.2 Å². The Morgan fingerprint density at radius 1 is 1.00 bits per heavy atom. The lowest BCUT2D eigenvalue weighted by Gasteiger charge is -2.04. The van der Waals surface area contributed by atoms with E-state index in [1.807, 2.05) is 48.8 Å². The summed E-state index contributed by atoms with van der Waals surface area (Å²) in [6.07, 6.45) is 3.70. The Bertz CT molecular complexity index is 707. The summed E-state index contributed by atoms with van der Waals surface area (Å²) in [4.78, 5) is 13.4. The Morgan fingerprint density at radius 2 is 1.80 bits per heavy atom. The van der Waals surface area contributed by atoms with Crippen molar-refractivity contribution in [1.82, 2.24) is 20.3 Å². The average Bonchev–Trinajstić information content (AvgIpc) is 2.53. The van der Waals surface area contributed by atoms with Crippen molar-refractivity contribution in [3.63, 3.8) is 0 Å². The fourth-order valence-electron chi connectivity index (χ4n) is 2.04. The first-order chi connectivity index (χ1) is 9.86. The van der Waals surface area contributed by atoms with Crippen molar-refractivity contribution >= 4 is 10.9 Å². The van der Waals surface area contributed by atoms with Gasteiger partial charge in [-0.3, -0.25) is 0 Å². The van der Waals surface area contributed by atoms with Crippen molar-refractivity contribution in [2.75, 3.05) is 6.54 Å². The third-order valence-electron chi connectivity index (χ3n) is 3.11. The number of para-hydroxylation sites is 1. The summed E-state index contributed by atoms with van der Waals surface area (Å²) in [7, 11) is 0. The molecule has 0 fully saturated rings. The topological polar surface area (TPSA) is 50.7 Å². The Morgan fingerprint density at radius 3 is 2.60 bits per heavy atom. The second-order valence-electron chi connectivity index (χ2n) is 4.58. The Labute approximate surface area is 117 Å². The van der Waals surface area contributed by atoms with Crippen LogP contribution < -0.4 is 5.32 Å². The third kappa shape index (κ3) is 2.65. The van der Waals surface area contributed by atoms with Crippen molar-refractivity contribution in [1.29, 1.82) is 0 Å². The number of benzene rings is 1. The lowest BCUT2D eigenvalue weighted by molar-refractivity contribution is 0.721. The van der Waals surface area contributed by atoms with Crippen molar-refractivity contribution in [2.45, 2.75) is 13.5 Å². The van der Waals surface area contributed by atoms with Crippen LogP contribution in [0.3, 0.4) is 0 Å². The number of hydrogen-bond acceptors (Lipinski definition) is 4. The predicted molar refractivity (Wildman–Crippen MR) is 80.1 cm³/mol. The summed E-state index contributed by atoms with van der Waals surface area (Å²) < 4.78 is 0. The van der Waals surface area contributed by atoms with Gasteiger partial charge in [0.1, 0.15) is 5.69 Å². The number of aromatic nitrogens is 3. The molecule has 0 aliphatic carbocycles. The molecule has 20 heavy (non-hydrogen) atoms. The molecule has 0 radical (unpaired) electrons. The lowest BCUT2D eigenvalue weighted by Crippen LogP contribution is -2.12. The fraction of sp³-hybridized carbons (Fsp3) is 0.188. The minimum Gasteiger partial charge on any atom is -0.313 e. The molecule has 2 aromatic heterocycles. The van der Waals surface area contributed by atoms with Crippen molar-refractivity contribution in [2.24, 2.45) is 0 Å². The van der Waals surface area contributed by atoms with Crippen LogP contribution in [0.15, 0.2) is 48.8 Å². The van der Waals surface area contributed by atoms with E-state index < -0.39 is 0 Å². The summed E-state index contributed by atoms with van der Waals surface area (Å²) >= 11 is 0. The van der Waals surface area contributed by atoms with Gasteiger partial charge in [-0.15, -0.1) is 0 Å². The summed E-state index contributed by atoms with van der Waals surface area (Å²) in [5, 5.41) is 4.38. The quantitative estimate of drug-likeness (QED) is 0.787. The Hall–Kier alpha value is -2.33. The van der Waals surface area contributed by atoms with E-state index in [9.17, 15) is 0 Å². The first-order valence-electron chi connectivity index (χ1n) is 6.74. The molecule has 0 spiro atoms. The van der Waals surface area contributed by atoms with Crippen LogP contribution in [0.5, 0.6) is 0 Å². The second-order valence-corrected chi connectivity index (χ2v) is 4.58. The van der Waals surface area contributed by atoms with E-state index in [1.54, 1.807) is 0 Å². The van der Waals surface area contributed by atoms with Crippen LogP contribution in [0.4, 0.5) is 0 Å². The molecule has 0 unspecified atom stereocenters. The molecule has 1 aromatic carbocycles. The van der Waals surface area contributed by atoms with Crippen LogP contribution in [0.1, 0.15) is 12.5 Å². The number of nitrogens with zero attached hydrogens (tertiary/aromatic N) is 3. The van der Waals surface area contributed by atoms with Crippen LogP contribution >= 0.6 is 0 Å². The smallest absolute Gasteiger partial charge is 0.178 e. The van der Waals surface area contributed by atoms with Crippen molar-refractivity contribution < 1.29 is 0 Å².